The molecule has 0 saturated heterocycles. The number of aryl methyl sites for hydroxylation is 1. The molecule has 2 rings (SSSR count). The lowest BCUT2D eigenvalue weighted by Crippen LogP contribution is -2.11. The summed E-state index contributed by atoms with van der Waals surface area (Å²) in [6, 6.07) is 8.57. The van der Waals surface area contributed by atoms with Gasteiger partial charge in [0.25, 0.3) is 0 Å². The first-order valence-electron chi connectivity index (χ1n) is 6.15. The van der Waals surface area contributed by atoms with Gasteiger partial charge < -0.3 is 4.18 Å². The lowest BCUT2D eigenvalue weighted by molar-refractivity contribution is -0.422. The molecule has 0 saturated carbocycles. The molecule has 0 spiro atoms. The summed E-state index contributed by atoms with van der Waals surface area (Å²) in [5, 5.41) is 21.9. The van der Waals surface area contributed by atoms with Gasteiger partial charge in [0.15, 0.2) is 0 Å². The van der Waals surface area contributed by atoms with Crippen molar-refractivity contribution < 1.29 is 22.4 Å². The van der Waals surface area contributed by atoms with Gasteiger partial charge in [0.2, 0.25) is 5.75 Å². The molecule has 0 aromatic heterocycles. The van der Waals surface area contributed by atoms with Crippen molar-refractivity contribution in [1.29, 1.82) is 0 Å². The van der Waals surface area contributed by atoms with E-state index in [1.165, 1.54) is 24.3 Å². The van der Waals surface area contributed by atoms with E-state index in [0.717, 1.165) is 23.8 Å². The van der Waals surface area contributed by atoms with Crippen LogP contribution in [0, 0.1) is 27.2 Å². The fourth-order valence-corrected chi connectivity index (χ4v) is 2.72. The van der Waals surface area contributed by atoms with Gasteiger partial charge in [-0.3, -0.25) is 20.2 Å². The average Bonchev–Trinajstić information content (AvgIpc) is 2.46. The van der Waals surface area contributed by atoms with E-state index in [-0.39, 0.29) is 4.90 Å². The normalized spacial score (nSPS) is 11.0. The van der Waals surface area contributed by atoms with Crippen molar-refractivity contribution >= 4 is 21.5 Å². The molecule has 10 heteroatoms. The molecule has 0 bridgehead atoms. The van der Waals surface area contributed by atoms with Crippen LogP contribution in [0.15, 0.2) is 47.4 Å². The number of hydrogen-bond acceptors (Lipinski definition) is 7. The topological polar surface area (TPSA) is 130 Å². The average molecular weight is 338 g/mol. The second-order valence-corrected chi connectivity index (χ2v) is 6.03. The van der Waals surface area contributed by atoms with Gasteiger partial charge in [0.05, 0.1) is 9.85 Å². The summed E-state index contributed by atoms with van der Waals surface area (Å²) in [7, 11) is -4.36. The van der Waals surface area contributed by atoms with Crippen LogP contribution in [0.25, 0.3) is 0 Å². The van der Waals surface area contributed by atoms with Gasteiger partial charge in [-0.1, -0.05) is 23.8 Å². The highest BCUT2D eigenvalue weighted by Gasteiger charge is 2.32. The first kappa shape index (κ1) is 16.4. The number of nitrogens with zero attached hydrogens (tertiary/aromatic N) is 2. The van der Waals surface area contributed by atoms with E-state index in [4.69, 9.17) is 4.18 Å². The minimum atomic E-state index is -4.36. The molecule has 0 amide bonds. The Morgan fingerprint density at radius 1 is 0.957 bits per heavy atom. The monoisotopic (exact) mass is 338 g/mol. The first-order valence-corrected chi connectivity index (χ1v) is 7.56. The van der Waals surface area contributed by atoms with Crippen LogP contribution in [-0.2, 0) is 10.1 Å². The maximum absolute atomic E-state index is 12.2. The van der Waals surface area contributed by atoms with E-state index < -0.39 is 37.1 Å². The molecule has 0 atom stereocenters. The molecule has 120 valence electrons. The van der Waals surface area contributed by atoms with Crippen molar-refractivity contribution in [2.24, 2.45) is 0 Å². The van der Waals surface area contributed by atoms with Crippen LogP contribution in [0.3, 0.4) is 0 Å². The molecular weight excluding hydrogens is 328 g/mol. The third-order valence-corrected chi connectivity index (χ3v) is 4.11. The van der Waals surface area contributed by atoms with Crippen LogP contribution in [0.4, 0.5) is 11.4 Å². The van der Waals surface area contributed by atoms with Gasteiger partial charge in [-0.05, 0) is 25.1 Å². The van der Waals surface area contributed by atoms with Crippen molar-refractivity contribution in [2.75, 3.05) is 0 Å². The number of rotatable bonds is 5. The fraction of sp³-hybridized carbons (Fsp3) is 0.0769. The molecule has 0 radical (unpaired) electrons. The maximum atomic E-state index is 12.2. The highest BCUT2D eigenvalue weighted by Crippen LogP contribution is 2.37. The second kappa shape index (κ2) is 6.01. The molecule has 0 aliphatic rings. The Kier molecular flexibility index (Phi) is 4.27. The molecule has 0 N–H and O–H groups in total. The SMILES string of the molecule is Cc1ccc(S(=O)(=O)Oc2cccc([N+](=O)[O-])c2[N+](=O)[O-])cc1. The quantitative estimate of drug-likeness (QED) is 0.465. The van der Waals surface area contributed by atoms with Crippen LogP contribution in [0.2, 0.25) is 0 Å². The Morgan fingerprint density at radius 2 is 1.57 bits per heavy atom. The molecular formula is C13H10N2O7S. The molecule has 0 aliphatic carbocycles. The number of hydrogen-bond donors (Lipinski definition) is 0. The standard InChI is InChI=1S/C13H10N2O7S/c1-9-5-7-10(8-6-9)23(20,21)22-12-4-2-3-11(14(16)17)13(12)15(18)19/h2-8H,1H3. The molecule has 2 aromatic carbocycles. The van der Waals surface area contributed by atoms with Crippen molar-refractivity contribution in [3.63, 3.8) is 0 Å². The van der Waals surface area contributed by atoms with Crippen LogP contribution in [-0.4, -0.2) is 18.3 Å². The molecule has 0 heterocycles. The smallest absolute Gasteiger partial charge is 0.371 e. The van der Waals surface area contributed by atoms with E-state index in [0.29, 0.717) is 0 Å². The third-order valence-electron chi connectivity index (χ3n) is 2.87. The van der Waals surface area contributed by atoms with E-state index in [9.17, 15) is 28.6 Å². The largest absolute Gasteiger partial charge is 0.389 e. The van der Waals surface area contributed by atoms with Crippen LogP contribution in [0.1, 0.15) is 5.56 Å². The summed E-state index contributed by atoms with van der Waals surface area (Å²) in [6.07, 6.45) is 0. The molecule has 0 unspecified atom stereocenters. The number of nitro groups is 2. The van der Waals surface area contributed by atoms with Crippen LogP contribution < -0.4 is 4.18 Å². The summed E-state index contributed by atoms with van der Waals surface area (Å²) in [4.78, 5) is 19.6. The summed E-state index contributed by atoms with van der Waals surface area (Å²) >= 11 is 0. The molecule has 0 fully saturated rings. The summed E-state index contributed by atoms with van der Waals surface area (Å²) in [5.74, 6) is -0.718. The predicted molar refractivity (Wildman–Crippen MR) is 78.7 cm³/mol. The molecule has 9 nitrogen and oxygen atoms in total. The van der Waals surface area contributed by atoms with Crippen molar-refractivity contribution in [2.45, 2.75) is 11.8 Å². The Morgan fingerprint density at radius 3 is 2.09 bits per heavy atom. The van der Waals surface area contributed by atoms with E-state index >= 15 is 0 Å². The van der Waals surface area contributed by atoms with Gasteiger partial charge in [0.1, 0.15) is 4.90 Å². The zero-order valence-electron chi connectivity index (χ0n) is 11.7. The number of para-hydroxylation sites is 1. The second-order valence-electron chi connectivity index (χ2n) is 4.49. The van der Waals surface area contributed by atoms with E-state index in [1.54, 1.807) is 6.92 Å². The van der Waals surface area contributed by atoms with Crippen molar-refractivity contribution in [3.05, 3.63) is 68.3 Å². The van der Waals surface area contributed by atoms with Gasteiger partial charge in [-0.2, -0.15) is 8.42 Å². The van der Waals surface area contributed by atoms with Gasteiger partial charge in [-0.15, -0.1) is 0 Å². The third kappa shape index (κ3) is 3.43. The van der Waals surface area contributed by atoms with Gasteiger partial charge in [-0.25, -0.2) is 0 Å². The minimum Gasteiger partial charge on any atom is -0.371 e. The number of nitro benzene ring substituents is 2. The zero-order chi connectivity index (χ0) is 17.2. The highest BCUT2D eigenvalue weighted by molar-refractivity contribution is 7.87. The lowest BCUT2D eigenvalue weighted by Gasteiger charge is -2.07. The summed E-state index contributed by atoms with van der Waals surface area (Å²) in [6.45, 7) is 1.75. The van der Waals surface area contributed by atoms with Gasteiger partial charge >= 0.3 is 21.5 Å². The predicted octanol–water partition coefficient (Wildman–Crippen LogP) is 2.58. The fourth-order valence-electron chi connectivity index (χ4n) is 1.78. The lowest BCUT2D eigenvalue weighted by atomic mass is 10.2. The summed E-state index contributed by atoms with van der Waals surface area (Å²) in [5.41, 5.74) is -1.06. The number of benzene rings is 2. The Labute approximate surface area is 130 Å². The Hall–Kier alpha value is -3.01. The zero-order valence-corrected chi connectivity index (χ0v) is 12.5. The van der Waals surface area contributed by atoms with Gasteiger partial charge in [0, 0.05) is 6.07 Å². The van der Waals surface area contributed by atoms with Crippen molar-refractivity contribution in [1.82, 2.24) is 0 Å². The Bertz CT molecular complexity index is 876. The van der Waals surface area contributed by atoms with E-state index in [1.807, 2.05) is 0 Å². The van der Waals surface area contributed by atoms with Crippen LogP contribution >= 0.6 is 0 Å². The molecule has 23 heavy (non-hydrogen) atoms. The van der Waals surface area contributed by atoms with Crippen molar-refractivity contribution in [3.8, 4) is 5.75 Å². The molecule has 2 aromatic rings. The summed E-state index contributed by atoms with van der Waals surface area (Å²) < 4.78 is 29.0. The van der Waals surface area contributed by atoms with E-state index in [2.05, 4.69) is 0 Å². The Balaban J connectivity index is 2.51. The molecule has 0 aliphatic heterocycles. The first-order chi connectivity index (χ1) is 10.7. The highest BCUT2D eigenvalue weighted by atomic mass is 32.2. The minimum absolute atomic E-state index is 0.219. The maximum Gasteiger partial charge on any atom is 0.389 e. The van der Waals surface area contributed by atoms with Crippen LogP contribution in [0.5, 0.6) is 5.75 Å².